The summed E-state index contributed by atoms with van der Waals surface area (Å²) in [6, 6.07) is 17.1. The number of nitrogens with one attached hydrogen (secondary N) is 1. The summed E-state index contributed by atoms with van der Waals surface area (Å²) in [5.74, 6) is -0.802. The van der Waals surface area contributed by atoms with Crippen LogP contribution in [0.15, 0.2) is 71.9 Å². The number of aromatic nitrogens is 3. The zero-order chi connectivity index (χ0) is 30.2. The zero-order valence-corrected chi connectivity index (χ0v) is 24.9. The topological polar surface area (TPSA) is 114 Å². The molecule has 0 radical (unpaired) electrons. The van der Waals surface area contributed by atoms with Crippen LogP contribution in [0, 0.1) is 11.7 Å². The summed E-state index contributed by atoms with van der Waals surface area (Å²) in [4.78, 5) is 20.4. The zero-order valence-electron chi connectivity index (χ0n) is 24.0. The summed E-state index contributed by atoms with van der Waals surface area (Å²) in [6.07, 6.45) is 2.66. The van der Waals surface area contributed by atoms with Crippen LogP contribution < -0.4 is 9.64 Å². The van der Waals surface area contributed by atoms with E-state index in [0.717, 1.165) is 0 Å². The van der Waals surface area contributed by atoms with Gasteiger partial charge in [0.1, 0.15) is 23.1 Å². The average Bonchev–Trinajstić information content (AvgIpc) is 3.66. The Morgan fingerprint density at radius 2 is 1.91 bits per heavy atom. The lowest BCUT2D eigenvalue weighted by Crippen LogP contribution is -2.43. The number of anilines is 1. The number of hydrogen-bond donors (Lipinski definition) is 1. The quantitative estimate of drug-likeness (QED) is 0.255. The van der Waals surface area contributed by atoms with E-state index in [9.17, 15) is 17.6 Å². The van der Waals surface area contributed by atoms with Gasteiger partial charge in [0.2, 0.25) is 9.84 Å². The van der Waals surface area contributed by atoms with Crippen LogP contribution in [0.3, 0.4) is 0 Å². The fraction of sp³-hybridized carbons (Fsp3) is 0.344. The number of ketones is 1. The minimum Gasteiger partial charge on any atom is -0.493 e. The lowest BCUT2D eigenvalue weighted by Gasteiger charge is -2.40. The van der Waals surface area contributed by atoms with Crippen LogP contribution >= 0.6 is 0 Å². The number of hydrogen-bond acceptors (Lipinski definition) is 8. The van der Waals surface area contributed by atoms with Crippen molar-refractivity contribution in [2.24, 2.45) is 5.92 Å². The fourth-order valence-electron chi connectivity index (χ4n) is 5.75. The Balaban J connectivity index is 1.34. The van der Waals surface area contributed by atoms with Crippen LogP contribution in [-0.4, -0.2) is 54.8 Å². The molecule has 0 unspecified atom stereocenters. The maximum atomic E-state index is 14.7. The Morgan fingerprint density at radius 1 is 1.12 bits per heavy atom. The molecule has 2 aromatic heterocycles. The van der Waals surface area contributed by atoms with Crippen molar-refractivity contribution in [1.82, 2.24) is 15.2 Å². The number of carbonyl (C=O) groups excluding carboxylic acids is 1. The number of ether oxygens (including phenoxy) is 2. The molecule has 1 fully saturated rings. The molecule has 1 N–H and O–H groups in total. The minimum atomic E-state index is -3.95. The first kappa shape index (κ1) is 29.0. The van der Waals surface area contributed by atoms with Crippen LogP contribution in [0.4, 0.5) is 10.2 Å². The molecular formula is C32H33FN4O5S. The predicted octanol–water partition coefficient (Wildman–Crippen LogP) is 5.33. The Labute approximate surface area is 250 Å². The van der Waals surface area contributed by atoms with E-state index in [1.807, 2.05) is 30.9 Å². The fourth-order valence-corrected chi connectivity index (χ4v) is 6.86. The predicted molar refractivity (Wildman–Crippen MR) is 159 cm³/mol. The first-order chi connectivity index (χ1) is 20.6. The number of Topliss-reactive ketones (excluding diaryl/α,β-unsaturated/α-hetero) is 1. The van der Waals surface area contributed by atoms with E-state index in [2.05, 4.69) is 22.3 Å². The maximum Gasteiger partial charge on any atom is 0.202 e. The van der Waals surface area contributed by atoms with Gasteiger partial charge in [-0.3, -0.25) is 9.89 Å². The lowest BCUT2D eigenvalue weighted by atomic mass is 9.83. The summed E-state index contributed by atoms with van der Waals surface area (Å²) in [6.45, 7) is 6.07. The largest absolute Gasteiger partial charge is 0.493 e. The lowest BCUT2D eigenvalue weighted by molar-refractivity contribution is -0.0551. The van der Waals surface area contributed by atoms with Gasteiger partial charge in [0.05, 0.1) is 36.3 Å². The molecule has 0 bridgehead atoms. The third-order valence-electron chi connectivity index (χ3n) is 7.94. The third-order valence-corrected chi connectivity index (χ3v) is 9.48. The highest BCUT2D eigenvalue weighted by atomic mass is 32.2. The van der Waals surface area contributed by atoms with Crippen molar-refractivity contribution in [3.05, 3.63) is 89.4 Å². The van der Waals surface area contributed by atoms with Crippen molar-refractivity contribution >= 4 is 21.4 Å². The van der Waals surface area contributed by atoms with Crippen molar-refractivity contribution < 1.29 is 27.1 Å². The molecule has 11 heteroatoms. The van der Waals surface area contributed by atoms with Crippen LogP contribution in [0.25, 0.3) is 11.3 Å². The Hall–Kier alpha value is -4.09. The van der Waals surface area contributed by atoms with Crippen LogP contribution in [-0.2, 0) is 26.8 Å². The molecule has 0 amide bonds. The molecule has 4 aromatic rings. The second-order valence-corrected chi connectivity index (χ2v) is 13.4. The van der Waals surface area contributed by atoms with Gasteiger partial charge in [-0.05, 0) is 60.2 Å². The van der Waals surface area contributed by atoms with Gasteiger partial charge in [0, 0.05) is 24.7 Å². The first-order valence-corrected chi connectivity index (χ1v) is 16.0. The molecule has 0 atom stereocenters. The SMILES string of the molecule is CC(C)COc1cc(F)cc(-c2ccc(C(=O)CS(=O)(=O)c3ccn[nH]3)c(N3CCC4(CC3)OCc3ccccc34)n2)c1. The van der Waals surface area contributed by atoms with Crippen LogP contribution in [0.1, 0.15) is 48.2 Å². The molecule has 4 heterocycles. The molecule has 2 aromatic carbocycles. The van der Waals surface area contributed by atoms with E-state index < -0.39 is 32.8 Å². The molecule has 6 rings (SSSR count). The summed E-state index contributed by atoms with van der Waals surface area (Å²) in [5, 5.41) is 6.01. The molecule has 2 aliphatic heterocycles. The monoisotopic (exact) mass is 604 g/mol. The maximum absolute atomic E-state index is 14.7. The van der Waals surface area contributed by atoms with E-state index in [1.165, 1.54) is 35.5 Å². The highest BCUT2D eigenvalue weighted by Gasteiger charge is 2.43. The number of rotatable bonds is 9. The van der Waals surface area contributed by atoms with E-state index in [1.54, 1.807) is 18.2 Å². The molecule has 1 saturated heterocycles. The summed E-state index contributed by atoms with van der Waals surface area (Å²) in [7, 11) is -3.95. The van der Waals surface area contributed by atoms with Gasteiger partial charge < -0.3 is 14.4 Å². The first-order valence-electron chi connectivity index (χ1n) is 14.3. The molecular weight excluding hydrogens is 571 g/mol. The van der Waals surface area contributed by atoms with Gasteiger partial charge in [-0.2, -0.15) is 5.10 Å². The Kier molecular flexibility index (Phi) is 7.78. The smallest absolute Gasteiger partial charge is 0.202 e. The number of benzene rings is 2. The number of sulfone groups is 1. The van der Waals surface area contributed by atoms with E-state index in [-0.39, 0.29) is 16.5 Å². The number of halogens is 1. The summed E-state index contributed by atoms with van der Waals surface area (Å²) in [5.41, 5.74) is 3.07. The summed E-state index contributed by atoms with van der Waals surface area (Å²) >= 11 is 0. The average molecular weight is 605 g/mol. The Bertz CT molecular complexity index is 1750. The van der Waals surface area contributed by atoms with Crippen molar-refractivity contribution in [3.63, 3.8) is 0 Å². The van der Waals surface area contributed by atoms with Gasteiger partial charge in [-0.1, -0.05) is 38.1 Å². The number of carbonyl (C=O) groups is 1. The van der Waals surface area contributed by atoms with Crippen molar-refractivity contribution in [2.45, 2.75) is 43.9 Å². The number of piperidine rings is 1. The molecule has 224 valence electrons. The van der Waals surface area contributed by atoms with E-state index in [0.29, 0.717) is 62.0 Å². The summed E-state index contributed by atoms with van der Waals surface area (Å²) < 4.78 is 52.6. The number of pyridine rings is 1. The normalized spacial score (nSPS) is 16.0. The molecule has 43 heavy (non-hydrogen) atoms. The van der Waals surface area contributed by atoms with Gasteiger partial charge in [0.25, 0.3) is 0 Å². The van der Waals surface area contributed by atoms with Gasteiger partial charge >= 0.3 is 0 Å². The van der Waals surface area contributed by atoms with Crippen LogP contribution in [0.2, 0.25) is 0 Å². The molecule has 0 aliphatic carbocycles. The highest BCUT2D eigenvalue weighted by Crippen LogP contribution is 2.45. The Morgan fingerprint density at radius 3 is 2.65 bits per heavy atom. The minimum absolute atomic E-state index is 0.127. The number of H-pyrrole nitrogens is 1. The standard InChI is InChI=1S/C32H33FN4O5S/c1-21(2)18-41-25-16-23(15-24(33)17-25)28-8-7-26(29(38)20-43(39,40)30-9-12-34-36-30)31(35-28)37-13-10-32(11-14-37)27-6-4-3-5-22(27)19-42-32/h3-9,12,15-17,21H,10-11,13-14,18-20H2,1-2H3,(H,34,36). The molecule has 2 aliphatic rings. The van der Waals surface area contributed by atoms with Crippen LogP contribution in [0.5, 0.6) is 5.75 Å². The van der Waals surface area contributed by atoms with Crippen molar-refractivity contribution in [3.8, 4) is 17.0 Å². The highest BCUT2D eigenvalue weighted by molar-refractivity contribution is 7.92. The number of nitrogens with zero attached hydrogens (tertiary/aromatic N) is 3. The van der Waals surface area contributed by atoms with Gasteiger partial charge in [-0.15, -0.1) is 0 Å². The number of aromatic amines is 1. The van der Waals surface area contributed by atoms with Gasteiger partial charge in [-0.25, -0.2) is 17.8 Å². The molecule has 1 spiro atoms. The third kappa shape index (κ3) is 5.92. The molecule has 9 nitrogen and oxygen atoms in total. The van der Waals surface area contributed by atoms with Crippen molar-refractivity contribution in [1.29, 1.82) is 0 Å². The van der Waals surface area contributed by atoms with Gasteiger partial charge in [0.15, 0.2) is 10.8 Å². The van der Waals surface area contributed by atoms with E-state index in [4.69, 9.17) is 14.5 Å². The second-order valence-electron chi connectivity index (χ2n) is 11.5. The number of fused-ring (bicyclic) bond motifs is 2. The van der Waals surface area contributed by atoms with Crippen molar-refractivity contribution in [2.75, 3.05) is 30.3 Å². The molecule has 0 saturated carbocycles. The van der Waals surface area contributed by atoms with E-state index >= 15 is 0 Å². The second kappa shape index (κ2) is 11.5.